The van der Waals surface area contributed by atoms with Crippen LogP contribution in [0.3, 0.4) is 0 Å². The van der Waals surface area contributed by atoms with Gasteiger partial charge in [0.15, 0.2) is 6.61 Å². The summed E-state index contributed by atoms with van der Waals surface area (Å²) < 4.78 is 30.8. The molecule has 0 fully saturated rings. The van der Waals surface area contributed by atoms with Crippen LogP contribution in [-0.4, -0.2) is 46.0 Å². The highest BCUT2D eigenvalue weighted by molar-refractivity contribution is 7.89. The Kier molecular flexibility index (Phi) is 7.33. The Morgan fingerprint density at radius 3 is 2.46 bits per heavy atom. The number of rotatable bonds is 7. The second kappa shape index (κ2) is 8.99. The fourth-order valence-electron chi connectivity index (χ4n) is 1.65. The lowest BCUT2D eigenvalue weighted by Gasteiger charge is -2.08. The van der Waals surface area contributed by atoms with E-state index >= 15 is 0 Å². The Morgan fingerprint density at radius 1 is 1.12 bits per heavy atom. The minimum atomic E-state index is -3.71. The van der Waals surface area contributed by atoms with Crippen LogP contribution in [0.5, 0.6) is 0 Å². The molecule has 0 radical (unpaired) electrons. The zero-order chi connectivity index (χ0) is 18.2. The van der Waals surface area contributed by atoms with Crippen molar-refractivity contribution in [2.24, 2.45) is 0 Å². The first-order valence-electron chi connectivity index (χ1n) is 7.14. The maximum absolute atomic E-state index is 11.9. The Balaban J connectivity index is 2.69. The van der Waals surface area contributed by atoms with Crippen molar-refractivity contribution in [3.8, 4) is 0 Å². The molecule has 0 aliphatic rings. The first-order valence-corrected chi connectivity index (χ1v) is 8.63. The number of urea groups is 1. The minimum absolute atomic E-state index is 0.0280. The summed E-state index contributed by atoms with van der Waals surface area (Å²) in [5.74, 6) is -1.68. The van der Waals surface area contributed by atoms with E-state index in [2.05, 4.69) is 10.0 Å². The van der Waals surface area contributed by atoms with Gasteiger partial charge in [0.05, 0.1) is 10.5 Å². The molecule has 9 nitrogen and oxygen atoms in total. The smallest absolute Gasteiger partial charge is 0.338 e. The summed E-state index contributed by atoms with van der Waals surface area (Å²) in [6.45, 7) is 3.19. The Labute approximate surface area is 139 Å². The summed E-state index contributed by atoms with van der Waals surface area (Å²) in [6, 6.07) is 4.51. The largest absolute Gasteiger partial charge is 0.452 e. The van der Waals surface area contributed by atoms with Crippen LogP contribution in [0.2, 0.25) is 0 Å². The zero-order valence-corrected chi connectivity index (χ0v) is 14.1. The van der Waals surface area contributed by atoms with E-state index < -0.39 is 34.5 Å². The third kappa shape index (κ3) is 5.97. The topological polar surface area (TPSA) is 131 Å². The SMILES string of the molecule is CCNC(=O)NC(=O)COC(=O)c1cccc(S(=O)(=O)NCC)c1. The van der Waals surface area contributed by atoms with E-state index in [1.54, 1.807) is 13.8 Å². The molecular formula is C14H19N3O6S. The molecular weight excluding hydrogens is 338 g/mol. The Morgan fingerprint density at radius 2 is 1.83 bits per heavy atom. The molecule has 1 rings (SSSR count). The lowest BCUT2D eigenvalue weighted by atomic mass is 10.2. The summed E-state index contributed by atoms with van der Waals surface area (Å²) in [4.78, 5) is 34.3. The van der Waals surface area contributed by atoms with Gasteiger partial charge in [0.1, 0.15) is 0 Å². The van der Waals surface area contributed by atoms with Crippen molar-refractivity contribution < 1.29 is 27.5 Å². The molecule has 24 heavy (non-hydrogen) atoms. The summed E-state index contributed by atoms with van der Waals surface area (Å²) in [6.07, 6.45) is 0. The van der Waals surface area contributed by atoms with E-state index in [9.17, 15) is 22.8 Å². The normalized spacial score (nSPS) is 10.8. The van der Waals surface area contributed by atoms with Gasteiger partial charge >= 0.3 is 12.0 Å². The summed E-state index contributed by atoms with van der Waals surface area (Å²) in [7, 11) is -3.71. The molecule has 3 amide bonds. The molecule has 0 aliphatic carbocycles. The van der Waals surface area contributed by atoms with Gasteiger partial charge < -0.3 is 10.1 Å². The number of sulfonamides is 1. The van der Waals surface area contributed by atoms with Crippen molar-refractivity contribution in [2.45, 2.75) is 18.7 Å². The number of nitrogens with one attached hydrogen (secondary N) is 3. The van der Waals surface area contributed by atoms with Crippen molar-refractivity contribution >= 4 is 27.9 Å². The number of imide groups is 1. The van der Waals surface area contributed by atoms with Crippen LogP contribution in [0.4, 0.5) is 4.79 Å². The predicted molar refractivity (Wildman–Crippen MR) is 84.8 cm³/mol. The van der Waals surface area contributed by atoms with Gasteiger partial charge in [0.2, 0.25) is 10.0 Å². The van der Waals surface area contributed by atoms with E-state index in [4.69, 9.17) is 4.74 Å². The number of amides is 3. The van der Waals surface area contributed by atoms with Gasteiger partial charge in [-0.3, -0.25) is 10.1 Å². The maximum Gasteiger partial charge on any atom is 0.338 e. The monoisotopic (exact) mass is 357 g/mol. The Hall–Kier alpha value is -2.46. The van der Waals surface area contributed by atoms with Crippen LogP contribution in [0.15, 0.2) is 29.2 Å². The van der Waals surface area contributed by atoms with Crippen molar-refractivity contribution in [2.75, 3.05) is 19.7 Å². The first kappa shape index (κ1) is 19.6. The van der Waals surface area contributed by atoms with Crippen molar-refractivity contribution in [1.82, 2.24) is 15.4 Å². The number of benzene rings is 1. The molecule has 0 aliphatic heterocycles. The van der Waals surface area contributed by atoms with Gasteiger partial charge in [0.25, 0.3) is 5.91 Å². The van der Waals surface area contributed by atoms with E-state index in [0.717, 1.165) is 6.07 Å². The second-order valence-electron chi connectivity index (χ2n) is 4.51. The molecule has 0 atom stereocenters. The average Bonchev–Trinajstić information content (AvgIpc) is 2.53. The average molecular weight is 357 g/mol. The van der Waals surface area contributed by atoms with Crippen LogP contribution < -0.4 is 15.4 Å². The zero-order valence-electron chi connectivity index (χ0n) is 13.3. The van der Waals surface area contributed by atoms with E-state index in [1.807, 2.05) is 5.32 Å². The minimum Gasteiger partial charge on any atom is -0.452 e. The third-order valence-electron chi connectivity index (χ3n) is 2.64. The first-order chi connectivity index (χ1) is 11.3. The van der Waals surface area contributed by atoms with Crippen LogP contribution >= 0.6 is 0 Å². The molecule has 0 aromatic heterocycles. The summed E-state index contributed by atoms with van der Waals surface area (Å²) in [5, 5.41) is 4.31. The molecule has 10 heteroatoms. The van der Waals surface area contributed by atoms with Crippen molar-refractivity contribution in [1.29, 1.82) is 0 Å². The lowest BCUT2D eigenvalue weighted by Crippen LogP contribution is -2.41. The third-order valence-corrected chi connectivity index (χ3v) is 4.18. The van der Waals surface area contributed by atoms with E-state index in [-0.39, 0.29) is 17.0 Å². The van der Waals surface area contributed by atoms with Crippen LogP contribution in [0.25, 0.3) is 0 Å². The van der Waals surface area contributed by atoms with Gasteiger partial charge in [-0.15, -0.1) is 0 Å². The second-order valence-corrected chi connectivity index (χ2v) is 6.28. The number of ether oxygens (including phenoxy) is 1. The van der Waals surface area contributed by atoms with E-state index in [0.29, 0.717) is 6.54 Å². The molecule has 0 bridgehead atoms. The number of carbonyl (C=O) groups excluding carboxylic acids is 3. The van der Waals surface area contributed by atoms with Gasteiger partial charge in [-0.05, 0) is 25.1 Å². The molecule has 0 spiro atoms. The molecule has 0 unspecified atom stereocenters. The predicted octanol–water partition coefficient (Wildman–Crippen LogP) is -0.0127. The highest BCUT2D eigenvalue weighted by Gasteiger charge is 2.17. The maximum atomic E-state index is 11.9. The van der Waals surface area contributed by atoms with Crippen molar-refractivity contribution in [3.63, 3.8) is 0 Å². The number of carbonyl (C=O) groups is 3. The van der Waals surface area contributed by atoms with Gasteiger partial charge in [-0.2, -0.15) is 0 Å². The molecule has 1 aromatic rings. The standard InChI is InChI=1S/C14H19N3O6S/c1-3-15-14(20)17-12(18)9-23-13(19)10-6-5-7-11(8-10)24(21,22)16-4-2/h5-8,16H,3-4,9H2,1-2H3,(H2,15,17,18,20). The quantitative estimate of drug-likeness (QED) is 0.588. The van der Waals surface area contributed by atoms with Crippen molar-refractivity contribution in [3.05, 3.63) is 29.8 Å². The Bertz CT molecular complexity index is 717. The van der Waals surface area contributed by atoms with Gasteiger partial charge in [-0.1, -0.05) is 13.0 Å². The molecule has 0 saturated heterocycles. The highest BCUT2D eigenvalue weighted by atomic mass is 32.2. The van der Waals surface area contributed by atoms with Crippen LogP contribution in [0.1, 0.15) is 24.2 Å². The highest BCUT2D eigenvalue weighted by Crippen LogP contribution is 2.12. The molecule has 0 heterocycles. The summed E-state index contributed by atoms with van der Waals surface area (Å²) in [5.41, 5.74) is -0.0280. The molecule has 0 saturated carbocycles. The number of hydrogen-bond acceptors (Lipinski definition) is 6. The van der Waals surface area contributed by atoms with Crippen LogP contribution in [-0.2, 0) is 19.6 Å². The van der Waals surface area contributed by atoms with Gasteiger partial charge in [-0.25, -0.2) is 22.7 Å². The molecule has 3 N–H and O–H groups in total. The van der Waals surface area contributed by atoms with Crippen LogP contribution in [0, 0.1) is 0 Å². The fourth-order valence-corrected chi connectivity index (χ4v) is 2.73. The van der Waals surface area contributed by atoms with E-state index in [1.165, 1.54) is 18.2 Å². The van der Waals surface area contributed by atoms with Gasteiger partial charge in [0, 0.05) is 13.1 Å². The summed E-state index contributed by atoms with van der Waals surface area (Å²) >= 11 is 0. The molecule has 132 valence electrons. The number of esters is 1. The molecule has 1 aromatic carbocycles. The number of hydrogen-bond donors (Lipinski definition) is 3. The lowest BCUT2D eigenvalue weighted by molar-refractivity contribution is -0.123. The fraction of sp³-hybridized carbons (Fsp3) is 0.357.